The summed E-state index contributed by atoms with van der Waals surface area (Å²) in [6.07, 6.45) is 5.45. The lowest BCUT2D eigenvalue weighted by Crippen LogP contribution is -2.40. The first kappa shape index (κ1) is 23.6. The molecule has 0 N–H and O–H groups in total. The van der Waals surface area contributed by atoms with Gasteiger partial charge in [-0.2, -0.15) is 5.26 Å². The molecule has 2 atom stereocenters. The van der Waals surface area contributed by atoms with E-state index in [-0.39, 0.29) is 6.09 Å². The van der Waals surface area contributed by atoms with Crippen molar-refractivity contribution >= 4 is 28.7 Å². The molecule has 2 fully saturated rings. The number of carbonyl (C=O) groups is 1. The molecular formula is C30H27ClN4O2. The molecular weight excluding hydrogens is 484 g/mol. The van der Waals surface area contributed by atoms with Gasteiger partial charge in [0.25, 0.3) is 0 Å². The summed E-state index contributed by atoms with van der Waals surface area (Å²) in [5.74, 6) is 0.373. The summed E-state index contributed by atoms with van der Waals surface area (Å²) in [6, 6.07) is 23.9. The lowest BCUT2D eigenvalue weighted by Gasteiger charge is -2.36. The molecule has 1 aromatic heterocycles. The predicted octanol–water partition coefficient (Wildman–Crippen LogP) is 6.81. The van der Waals surface area contributed by atoms with E-state index in [1.165, 1.54) is 0 Å². The van der Waals surface area contributed by atoms with Gasteiger partial charge in [0, 0.05) is 18.1 Å². The van der Waals surface area contributed by atoms with Crippen molar-refractivity contribution < 1.29 is 9.53 Å². The summed E-state index contributed by atoms with van der Waals surface area (Å²) in [4.78, 5) is 19.3. The minimum absolute atomic E-state index is 0.232. The molecule has 1 aliphatic heterocycles. The van der Waals surface area contributed by atoms with Gasteiger partial charge in [-0.25, -0.2) is 9.78 Å². The number of aromatic nitrogens is 2. The molecule has 4 aromatic rings. The van der Waals surface area contributed by atoms with E-state index in [1.54, 1.807) is 6.07 Å². The fourth-order valence-electron chi connectivity index (χ4n) is 5.91. The Morgan fingerprint density at radius 3 is 2.81 bits per heavy atom. The maximum absolute atomic E-state index is 13.0. The number of benzene rings is 3. The van der Waals surface area contributed by atoms with E-state index >= 15 is 0 Å². The van der Waals surface area contributed by atoms with Crippen molar-refractivity contribution in [2.75, 3.05) is 6.54 Å². The Morgan fingerprint density at radius 1 is 1.11 bits per heavy atom. The largest absolute Gasteiger partial charge is 0.441 e. The number of imidazole rings is 1. The summed E-state index contributed by atoms with van der Waals surface area (Å²) in [5.41, 5.74) is 5.33. The predicted molar refractivity (Wildman–Crippen MR) is 143 cm³/mol. The Balaban J connectivity index is 1.15. The number of nitriles is 1. The second-order valence-corrected chi connectivity index (χ2v) is 10.7. The molecule has 1 spiro atoms. The van der Waals surface area contributed by atoms with Crippen LogP contribution in [0.15, 0.2) is 73.1 Å². The van der Waals surface area contributed by atoms with Crippen molar-refractivity contribution in [1.82, 2.24) is 14.5 Å². The van der Waals surface area contributed by atoms with Gasteiger partial charge in [0.2, 0.25) is 0 Å². The molecule has 6 nitrogen and oxygen atoms in total. The zero-order valence-corrected chi connectivity index (χ0v) is 21.2. The number of amides is 1. The van der Waals surface area contributed by atoms with Gasteiger partial charge in [-0.05, 0) is 84.7 Å². The maximum Gasteiger partial charge on any atom is 0.410 e. The second-order valence-electron chi connectivity index (χ2n) is 10.3. The minimum Gasteiger partial charge on any atom is -0.441 e. The van der Waals surface area contributed by atoms with Gasteiger partial charge in [-0.1, -0.05) is 41.9 Å². The van der Waals surface area contributed by atoms with Crippen LogP contribution >= 0.6 is 11.6 Å². The number of carbonyl (C=O) groups excluding carboxylic acids is 1. The molecule has 3 aromatic carbocycles. The van der Waals surface area contributed by atoms with Crippen LogP contribution in [0.2, 0.25) is 5.02 Å². The second kappa shape index (κ2) is 9.57. The standard InChI is InChI=1S/C30H27ClN4O2/c31-26-9-7-24(8-10-26)25-5-1-3-22(13-25)17-34-19-30(37-29(34)36)12-2-4-23(15-30)18-35-20-33-27-11-6-21(16-32)14-28(27)35/h1,3,5-11,13-14,20,23H,2,4,12,15,17-19H2/t23-,30-/m0/s1. The van der Waals surface area contributed by atoms with Crippen LogP contribution in [0.3, 0.4) is 0 Å². The number of hydrogen-bond acceptors (Lipinski definition) is 4. The van der Waals surface area contributed by atoms with Gasteiger partial charge in [0.05, 0.1) is 35.5 Å². The van der Waals surface area contributed by atoms with Crippen LogP contribution in [0.1, 0.15) is 36.8 Å². The SMILES string of the molecule is N#Cc1ccc2ncn(C[C@H]3CCC[C@]4(C3)CN(Cc3cccc(-c5ccc(Cl)cc5)c3)C(=O)O4)c2c1. The van der Waals surface area contributed by atoms with Crippen LogP contribution < -0.4 is 0 Å². The smallest absolute Gasteiger partial charge is 0.410 e. The average Bonchev–Trinajstić information content (AvgIpc) is 3.43. The van der Waals surface area contributed by atoms with Crippen LogP contribution in [0.25, 0.3) is 22.2 Å². The Labute approximate surface area is 221 Å². The van der Waals surface area contributed by atoms with Gasteiger partial charge in [0.15, 0.2) is 0 Å². The van der Waals surface area contributed by atoms with E-state index in [0.29, 0.717) is 29.6 Å². The number of ether oxygens (including phenoxy) is 1. The molecule has 1 aliphatic carbocycles. The molecule has 0 bridgehead atoms. The Hall–Kier alpha value is -3.82. The molecule has 7 heteroatoms. The Kier molecular flexibility index (Phi) is 6.10. The summed E-state index contributed by atoms with van der Waals surface area (Å²) in [7, 11) is 0. The van der Waals surface area contributed by atoms with E-state index < -0.39 is 5.60 Å². The van der Waals surface area contributed by atoms with Crippen LogP contribution in [0.4, 0.5) is 4.79 Å². The Bertz CT molecular complexity index is 1510. The lowest BCUT2D eigenvalue weighted by molar-refractivity contribution is 0.00415. The van der Waals surface area contributed by atoms with Crippen LogP contribution in [0.5, 0.6) is 0 Å². The number of nitrogens with zero attached hydrogens (tertiary/aromatic N) is 4. The highest BCUT2D eigenvalue weighted by molar-refractivity contribution is 6.30. The molecule has 0 unspecified atom stereocenters. The first-order valence-electron chi connectivity index (χ1n) is 12.7. The quantitative estimate of drug-likeness (QED) is 0.295. The fraction of sp³-hybridized carbons (Fsp3) is 0.300. The molecule has 37 heavy (non-hydrogen) atoms. The van der Waals surface area contributed by atoms with Crippen molar-refractivity contribution in [2.24, 2.45) is 5.92 Å². The summed E-state index contributed by atoms with van der Waals surface area (Å²) in [5, 5.41) is 10.00. The third kappa shape index (κ3) is 4.80. The van der Waals surface area contributed by atoms with Crippen LogP contribution in [-0.2, 0) is 17.8 Å². The zero-order chi connectivity index (χ0) is 25.4. The summed E-state index contributed by atoms with van der Waals surface area (Å²) >= 11 is 6.04. The van der Waals surface area contributed by atoms with Crippen molar-refractivity contribution in [3.63, 3.8) is 0 Å². The van der Waals surface area contributed by atoms with Gasteiger partial charge in [-0.3, -0.25) is 4.90 Å². The lowest BCUT2D eigenvalue weighted by atomic mass is 9.78. The normalized spacial score (nSPS) is 21.4. The maximum atomic E-state index is 13.0. The van der Waals surface area contributed by atoms with E-state index in [4.69, 9.17) is 16.3 Å². The number of halogens is 1. The van der Waals surface area contributed by atoms with Crippen molar-refractivity contribution in [3.8, 4) is 17.2 Å². The van der Waals surface area contributed by atoms with Crippen molar-refractivity contribution in [3.05, 3.63) is 89.2 Å². The molecule has 2 aliphatic rings. The molecule has 1 amide bonds. The minimum atomic E-state index is -0.442. The van der Waals surface area contributed by atoms with E-state index in [9.17, 15) is 10.1 Å². The van der Waals surface area contributed by atoms with Gasteiger partial charge < -0.3 is 9.30 Å². The average molecular weight is 511 g/mol. The molecule has 6 rings (SSSR count). The third-order valence-electron chi connectivity index (χ3n) is 7.63. The van der Waals surface area contributed by atoms with Crippen LogP contribution in [-0.4, -0.2) is 32.7 Å². The first-order valence-corrected chi connectivity index (χ1v) is 13.1. The molecule has 1 saturated carbocycles. The number of rotatable bonds is 5. The van der Waals surface area contributed by atoms with Gasteiger partial charge >= 0.3 is 6.09 Å². The highest BCUT2D eigenvalue weighted by Gasteiger charge is 2.47. The molecule has 0 radical (unpaired) electrons. The van der Waals surface area contributed by atoms with Gasteiger partial charge in [0.1, 0.15) is 5.60 Å². The van der Waals surface area contributed by atoms with E-state index in [1.807, 2.05) is 53.7 Å². The van der Waals surface area contributed by atoms with Crippen molar-refractivity contribution in [1.29, 1.82) is 5.26 Å². The monoisotopic (exact) mass is 510 g/mol. The van der Waals surface area contributed by atoms with E-state index in [0.717, 1.165) is 60.0 Å². The van der Waals surface area contributed by atoms with Crippen molar-refractivity contribution in [2.45, 2.75) is 44.4 Å². The fourth-order valence-corrected chi connectivity index (χ4v) is 6.04. The molecule has 1 saturated heterocycles. The zero-order valence-electron chi connectivity index (χ0n) is 20.4. The summed E-state index contributed by atoms with van der Waals surface area (Å²) < 4.78 is 8.22. The van der Waals surface area contributed by atoms with Gasteiger partial charge in [-0.15, -0.1) is 0 Å². The number of hydrogen-bond donors (Lipinski definition) is 0. The third-order valence-corrected chi connectivity index (χ3v) is 7.88. The first-order chi connectivity index (χ1) is 18.0. The highest BCUT2D eigenvalue weighted by atomic mass is 35.5. The van der Waals surface area contributed by atoms with E-state index in [2.05, 4.69) is 33.8 Å². The highest BCUT2D eigenvalue weighted by Crippen LogP contribution is 2.41. The molecule has 2 heterocycles. The molecule has 186 valence electrons. The van der Waals surface area contributed by atoms with Crippen LogP contribution in [0, 0.1) is 17.2 Å². The summed E-state index contributed by atoms with van der Waals surface area (Å²) in [6.45, 7) is 1.93. The topological polar surface area (TPSA) is 71.2 Å². The number of fused-ring (bicyclic) bond motifs is 1. The Morgan fingerprint density at radius 2 is 1.97 bits per heavy atom.